The second kappa shape index (κ2) is 17.9. The summed E-state index contributed by atoms with van der Waals surface area (Å²) in [5.41, 5.74) is 1.60. The van der Waals surface area contributed by atoms with Gasteiger partial charge in [-0.05, 0) is 42.0 Å². The van der Waals surface area contributed by atoms with Crippen molar-refractivity contribution in [1.82, 2.24) is 20.1 Å². The zero-order chi connectivity index (χ0) is 34.4. The Bertz CT molecular complexity index is 1480. The van der Waals surface area contributed by atoms with Gasteiger partial charge in [0.05, 0.1) is 18.7 Å². The first-order chi connectivity index (χ1) is 21.7. The SMILES string of the molecule is COc1ccc2nccc([C@@H](O)CN3CCN(CCNC(=O)c4cc(F)cc(F)c4)CC3)c2c1.O=C(O)C(=O)O.O=C(O)C(=O)O. The maximum Gasteiger partial charge on any atom is 0.414 e. The fourth-order valence-electron chi connectivity index (χ4n) is 4.22. The van der Waals surface area contributed by atoms with Crippen molar-refractivity contribution >= 4 is 40.7 Å². The van der Waals surface area contributed by atoms with E-state index in [1.165, 1.54) is 0 Å². The van der Waals surface area contributed by atoms with Crippen molar-refractivity contribution in [3.05, 3.63) is 71.4 Å². The summed E-state index contributed by atoms with van der Waals surface area (Å²) in [7, 11) is 1.61. The third kappa shape index (κ3) is 12.0. The molecule has 1 amide bonds. The molecule has 2 heterocycles. The number of fused-ring (bicyclic) bond motifs is 1. The van der Waals surface area contributed by atoms with Crippen LogP contribution in [0.1, 0.15) is 22.0 Å². The van der Waals surface area contributed by atoms with E-state index in [2.05, 4.69) is 20.1 Å². The van der Waals surface area contributed by atoms with E-state index in [4.69, 9.17) is 44.3 Å². The van der Waals surface area contributed by atoms with Crippen molar-refractivity contribution in [1.29, 1.82) is 0 Å². The van der Waals surface area contributed by atoms with Crippen molar-refractivity contribution in [3.63, 3.8) is 0 Å². The predicted octanol–water partition coefficient (Wildman–Crippen LogP) is 0.914. The number of nitrogens with zero attached hydrogens (tertiary/aromatic N) is 3. The van der Waals surface area contributed by atoms with Gasteiger partial charge in [0.15, 0.2) is 0 Å². The number of pyridine rings is 1. The van der Waals surface area contributed by atoms with Gasteiger partial charge in [0.25, 0.3) is 5.91 Å². The van der Waals surface area contributed by atoms with Crippen molar-refractivity contribution in [2.24, 2.45) is 0 Å². The van der Waals surface area contributed by atoms with Gasteiger partial charge in [-0.2, -0.15) is 0 Å². The Kier molecular flexibility index (Phi) is 14.4. The monoisotopic (exact) mass is 650 g/mol. The molecule has 1 saturated heterocycles. The molecule has 248 valence electrons. The Balaban J connectivity index is 0.000000522. The number of nitrogens with one attached hydrogen (secondary N) is 1. The van der Waals surface area contributed by atoms with Gasteiger partial charge < -0.3 is 35.6 Å². The van der Waals surface area contributed by atoms with E-state index in [9.17, 15) is 18.7 Å². The molecule has 46 heavy (non-hydrogen) atoms. The number of benzene rings is 2. The number of rotatable bonds is 8. The topological polar surface area (TPSA) is 227 Å². The number of carbonyl (C=O) groups excluding carboxylic acids is 1. The largest absolute Gasteiger partial charge is 0.497 e. The summed E-state index contributed by atoms with van der Waals surface area (Å²) in [6.45, 7) is 4.67. The van der Waals surface area contributed by atoms with Crippen LogP contribution in [0.2, 0.25) is 0 Å². The molecule has 0 unspecified atom stereocenters. The van der Waals surface area contributed by atoms with Crippen LogP contribution < -0.4 is 10.1 Å². The number of carboxylic acids is 4. The number of aliphatic carboxylic acids is 4. The average molecular weight is 651 g/mol. The average Bonchev–Trinajstić information content (AvgIpc) is 3.01. The van der Waals surface area contributed by atoms with Crippen LogP contribution in [0.15, 0.2) is 48.7 Å². The fourth-order valence-corrected chi connectivity index (χ4v) is 4.22. The van der Waals surface area contributed by atoms with Crippen molar-refractivity contribution in [2.45, 2.75) is 6.10 Å². The van der Waals surface area contributed by atoms with Gasteiger partial charge in [0, 0.05) is 69.0 Å². The zero-order valence-electron chi connectivity index (χ0n) is 24.4. The second-order valence-corrected chi connectivity index (χ2v) is 9.58. The van der Waals surface area contributed by atoms with Crippen LogP contribution >= 0.6 is 0 Å². The van der Waals surface area contributed by atoms with Crippen LogP contribution in [0.4, 0.5) is 8.78 Å². The molecular weight excluding hydrogens is 618 g/mol. The van der Waals surface area contributed by atoms with Gasteiger partial charge in [-0.25, -0.2) is 28.0 Å². The van der Waals surface area contributed by atoms with Gasteiger partial charge in [-0.1, -0.05) is 0 Å². The van der Waals surface area contributed by atoms with Gasteiger partial charge in [-0.3, -0.25) is 19.6 Å². The van der Waals surface area contributed by atoms with Crippen molar-refractivity contribution < 1.29 is 63.0 Å². The molecule has 3 aromatic rings. The summed E-state index contributed by atoms with van der Waals surface area (Å²) >= 11 is 0. The maximum atomic E-state index is 13.3. The van der Waals surface area contributed by atoms with Crippen molar-refractivity contribution in [2.75, 3.05) is 52.9 Å². The predicted molar refractivity (Wildman–Crippen MR) is 155 cm³/mol. The number of halogens is 2. The maximum absolute atomic E-state index is 13.3. The van der Waals surface area contributed by atoms with Gasteiger partial charge >= 0.3 is 23.9 Å². The van der Waals surface area contributed by atoms with E-state index in [0.717, 1.165) is 66.6 Å². The molecule has 6 N–H and O–H groups in total. The normalized spacial score (nSPS) is 13.7. The summed E-state index contributed by atoms with van der Waals surface area (Å²) < 4.78 is 31.9. The van der Waals surface area contributed by atoms with Crippen molar-refractivity contribution in [3.8, 4) is 5.75 Å². The molecule has 1 aliphatic heterocycles. The number of hydrogen-bond acceptors (Lipinski definition) is 10. The first-order valence-corrected chi connectivity index (χ1v) is 13.4. The minimum atomic E-state index is -1.82. The Hall–Kier alpha value is -5.26. The highest BCUT2D eigenvalue weighted by Crippen LogP contribution is 2.27. The molecule has 1 atom stereocenters. The molecular formula is C29H32F2N4O11. The smallest absolute Gasteiger partial charge is 0.414 e. The van der Waals surface area contributed by atoms with E-state index in [1.54, 1.807) is 13.3 Å². The molecule has 17 heteroatoms. The fraction of sp³-hybridized carbons (Fsp3) is 0.310. The number of methoxy groups -OCH3 is 1. The summed E-state index contributed by atoms with van der Waals surface area (Å²) in [6.07, 6.45) is 1.05. The van der Waals surface area contributed by atoms with E-state index in [0.29, 0.717) is 19.6 Å². The molecule has 1 aromatic heterocycles. The number of β-amino-alcohol motifs (C(OH)–C–C–N with tert-alkyl or cyclic N) is 1. The van der Waals surface area contributed by atoms with Gasteiger partial charge in [0.2, 0.25) is 0 Å². The second-order valence-electron chi connectivity index (χ2n) is 9.58. The summed E-state index contributed by atoms with van der Waals surface area (Å²) in [5.74, 6) is -8.63. The first kappa shape index (κ1) is 36.9. The molecule has 0 bridgehead atoms. The molecule has 1 fully saturated rings. The quantitative estimate of drug-likeness (QED) is 0.186. The highest BCUT2D eigenvalue weighted by atomic mass is 19.1. The standard InChI is InChI=1S/C25H28F2N4O3.2C2H2O4/c1-34-20-2-3-23-22(15-20)21(4-5-28-23)24(32)16-31-10-8-30(9-11-31)7-6-29-25(33)17-12-18(26)14-19(27)13-17;2*3-1(4)2(5)6/h2-5,12-15,24,32H,6-11,16H2,1H3,(H,29,33);2*(H,3,4)(H,5,6)/t24-;;/m0../s1. The number of carbonyl (C=O) groups is 5. The molecule has 15 nitrogen and oxygen atoms in total. The molecule has 0 radical (unpaired) electrons. The van der Waals surface area contributed by atoms with Crippen LogP contribution in [0, 0.1) is 11.6 Å². The van der Waals surface area contributed by atoms with E-state index in [1.807, 2.05) is 24.3 Å². The number of piperazine rings is 1. The number of hydrogen-bond donors (Lipinski definition) is 6. The molecule has 2 aromatic carbocycles. The number of carboxylic acid groups (broad SMARTS) is 4. The lowest BCUT2D eigenvalue weighted by molar-refractivity contribution is -0.159. The number of aliphatic hydroxyl groups is 1. The molecule has 4 rings (SSSR count). The zero-order valence-corrected chi connectivity index (χ0v) is 24.4. The lowest BCUT2D eigenvalue weighted by Gasteiger charge is -2.35. The lowest BCUT2D eigenvalue weighted by atomic mass is 10.0. The minimum Gasteiger partial charge on any atom is -0.497 e. The van der Waals surface area contributed by atoms with Crippen LogP contribution in [-0.2, 0) is 19.2 Å². The minimum absolute atomic E-state index is 0.0300. The van der Waals surface area contributed by atoms with Crippen LogP contribution in [0.3, 0.4) is 0 Å². The Morgan fingerprint density at radius 2 is 1.39 bits per heavy atom. The highest BCUT2D eigenvalue weighted by Gasteiger charge is 2.21. The van der Waals surface area contributed by atoms with Crippen LogP contribution in [0.25, 0.3) is 10.9 Å². The van der Waals surface area contributed by atoms with Crippen LogP contribution in [0.5, 0.6) is 5.75 Å². The number of aliphatic hydroxyl groups excluding tert-OH is 1. The summed E-state index contributed by atoms with van der Waals surface area (Å²) in [4.78, 5) is 57.3. The molecule has 0 aliphatic carbocycles. The number of amides is 1. The third-order valence-electron chi connectivity index (χ3n) is 6.44. The Morgan fingerprint density at radius 1 is 0.848 bits per heavy atom. The Morgan fingerprint density at radius 3 is 1.91 bits per heavy atom. The number of aromatic nitrogens is 1. The third-order valence-corrected chi connectivity index (χ3v) is 6.44. The summed E-state index contributed by atoms with van der Waals surface area (Å²) in [5, 5.41) is 44.1. The van der Waals surface area contributed by atoms with Crippen LogP contribution in [-0.4, -0.2) is 123 Å². The molecule has 0 saturated carbocycles. The molecule has 0 spiro atoms. The number of ether oxygens (including phenoxy) is 1. The van der Waals surface area contributed by atoms with E-state index < -0.39 is 47.5 Å². The lowest BCUT2D eigenvalue weighted by Crippen LogP contribution is -2.49. The Labute approximate surface area is 260 Å². The molecule has 1 aliphatic rings. The van der Waals surface area contributed by atoms with E-state index in [-0.39, 0.29) is 5.56 Å². The van der Waals surface area contributed by atoms with Gasteiger partial charge in [-0.15, -0.1) is 0 Å². The van der Waals surface area contributed by atoms with E-state index >= 15 is 0 Å². The first-order valence-electron chi connectivity index (χ1n) is 13.4. The van der Waals surface area contributed by atoms with Gasteiger partial charge in [0.1, 0.15) is 17.4 Å². The summed E-state index contributed by atoms with van der Waals surface area (Å²) in [6, 6.07) is 10.2. The highest BCUT2D eigenvalue weighted by molar-refractivity contribution is 6.27.